The van der Waals surface area contributed by atoms with Gasteiger partial charge in [-0.25, -0.2) is 4.39 Å². The first kappa shape index (κ1) is 16.4. The van der Waals surface area contributed by atoms with Crippen LogP contribution in [0, 0.1) is 17.1 Å². The Hall–Kier alpha value is -2.42. The van der Waals surface area contributed by atoms with Crippen molar-refractivity contribution in [1.29, 1.82) is 5.26 Å². The average molecular weight is 326 g/mol. The normalized spacial score (nSPS) is 20.8. The van der Waals surface area contributed by atoms with E-state index >= 15 is 0 Å². The number of aliphatic hydroxyl groups is 1. The molecule has 4 nitrogen and oxygen atoms in total. The third-order valence-electron chi connectivity index (χ3n) is 4.40. The van der Waals surface area contributed by atoms with Crippen molar-refractivity contribution in [2.75, 3.05) is 13.7 Å². The van der Waals surface area contributed by atoms with Gasteiger partial charge in [0, 0.05) is 19.1 Å². The zero-order valence-corrected chi connectivity index (χ0v) is 13.4. The van der Waals surface area contributed by atoms with Crippen LogP contribution >= 0.6 is 0 Å². The predicted molar refractivity (Wildman–Crippen MR) is 87.9 cm³/mol. The number of likely N-dealkylation sites (tertiary alicyclic amines) is 1. The highest BCUT2D eigenvalue weighted by Crippen LogP contribution is 2.34. The number of benzene rings is 2. The van der Waals surface area contributed by atoms with Gasteiger partial charge in [0.05, 0.1) is 18.8 Å². The first-order valence-electron chi connectivity index (χ1n) is 7.85. The fourth-order valence-corrected chi connectivity index (χ4v) is 3.23. The molecule has 0 spiro atoms. The topological polar surface area (TPSA) is 56.5 Å². The summed E-state index contributed by atoms with van der Waals surface area (Å²) in [5.74, 6) is 0.269. The molecule has 0 aromatic heterocycles. The van der Waals surface area contributed by atoms with E-state index in [4.69, 9.17) is 10.00 Å². The van der Waals surface area contributed by atoms with Gasteiger partial charge in [0.15, 0.2) is 0 Å². The molecule has 2 aromatic rings. The Bertz CT molecular complexity index is 772. The molecular formula is C19H19FN2O2. The van der Waals surface area contributed by atoms with Crippen LogP contribution in [0.5, 0.6) is 5.75 Å². The van der Waals surface area contributed by atoms with Gasteiger partial charge in [-0.3, -0.25) is 4.90 Å². The largest absolute Gasteiger partial charge is 0.497 e. The van der Waals surface area contributed by atoms with Crippen molar-refractivity contribution in [2.24, 2.45) is 0 Å². The molecule has 0 amide bonds. The summed E-state index contributed by atoms with van der Waals surface area (Å²) >= 11 is 0. The SMILES string of the molecule is COc1cccc([C@H]2C[C@H](O)CN2Cc2ccc(C#N)c(F)c2)c1. The van der Waals surface area contributed by atoms with E-state index in [1.54, 1.807) is 13.2 Å². The van der Waals surface area contributed by atoms with Gasteiger partial charge in [-0.15, -0.1) is 0 Å². The van der Waals surface area contributed by atoms with E-state index in [-0.39, 0.29) is 11.6 Å². The molecule has 1 fully saturated rings. The lowest BCUT2D eigenvalue weighted by atomic mass is 10.0. The smallest absolute Gasteiger partial charge is 0.141 e. The maximum Gasteiger partial charge on any atom is 0.141 e. The molecule has 1 N–H and O–H groups in total. The maximum atomic E-state index is 13.8. The zero-order valence-electron chi connectivity index (χ0n) is 13.4. The minimum Gasteiger partial charge on any atom is -0.497 e. The van der Waals surface area contributed by atoms with Crippen LogP contribution in [-0.2, 0) is 6.54 Å². The second-order valence-electron chi connectivity index (χ2n) is 6.04. The van der Waals surface area contributed by atoms with Crippen molar-refractivity contribution >= 4 is 0 Å². The number of nitrogens with zero attached hydrogens (tertiary/aromatic N) is 2. The van der Waals surface area contributed by atoms with E-state index in [1.165, 1.54) is 12.1 Å². The number of rotatable bonds is 4. The third kappa shape index (κ3) is 3.40. The van der Waals surface area contributed by atoms with Crippen LogP contribution < -0.4 is 4.74 Å². The predicted octanol–water partition coefficient (Wildman–Crippen LogP) is 3.01. The van der Waals surface area contributed by atoms with Crippen molar-refractivity contribution in [1.82, 2.24) is 4.90 Å². The second-order valence-corrected chi connectivity index (χ2v) is 6.04. The monoisotopic (exact) mass is 326 g/mol. The van der Waals surface area contributed by atoms with Crippen molar-refractivity contribution in [3.8, 4) is 11.8 Å². The number of hydrogen-bond donors (Lipinski definition) is 1. The van der Waals surface area contributed by atoms with Gasteiger partial charge < -0.3 is 9.84 Å². The lowest BCUT2D eigenvalue weighted by Gasteiger charge is -2.25. The van der Waals surface area contributed by atoms with E-state index < -0.39 is 11.9 Å². The van der Waals surface area contributed by atoms with Gasteiger partial charge in [0.1, 0.15) is 17.6 Å². The van der Waals surface area contributed by atoms with E-state index in [1.807, 2.05) is 30.3 Å². The van der Waals surface area contributed by atoms with Crippen LogP contribution in [0.25, 0.3) is 0 Å². The number of nitriles is 1. The van der Waals surface area contributed by atoms with Gasteiger partial charge in [-0.1, -0.05) is 18.2 Å². The van der Waals surface area contributed by atoms with Gasteiger partial charge in [0.25, 0.3) is 0 Å². The Morgan fingerprint density at radius 3 is 2.88 bits per heavy atom. The van der Waals surface area contributed by atoms with Crippen LogP contribution in [0.2, 0.25) is 0 Å². The number of β-amino-alcohol motifs (C(OH)–C–C–N with tert-alkyl or cyclic N) is 1. The minimum absolute atomic E-state index is 0.0459. The molecule has 0 radical (unpaired) electrons. The summed E-state index contributed by atoms with van der Waals surface area (Å²) in [6.07, 6.45) is 0.218. The molecule has 0 unspecified atom stereocenters. The summed E-state index contributed by atoms with van der Waals surface area (Å²) in [4.78, 5) is 2.13. The molecule has 24 heavy (non-hydrogen) atoms. The fraction of sp³-hybridized carbons (Fsp3) is 0.316. The lowest BCUT2D eigenvalue weighted by Crippen LogP contribution is -2.24. The third-order valence-corrected chi connectivity index (χ3v) is 4.40. The molecule has 0 bridgehead atoms. The maximum absolute atomic E-state index is 13.8. The molecule has 0 saturated carbocycles. The van der Waals surface area contributed by atoms with Crippen molar-refractivity contribution in [2.45, 2.75) is 25.1 Å². The summed E-state index contributed by atoms with van der Waals surface area (Å²) in [5.41, 5.74) is 1.90. The Kier molecular flexibility index (Phi) is 4.79. The summed E-state index contributed by atoms with van der Waals surface area (Å²) in [6.45, 7) is 1.05. The van der Waals surface area contributed by atoms with Gasteiger partial charge in [0.2, 0.25) is 0 Å². The number of hydrogen-bond acceptors (Lipinski definition) is 4. The highest BCUT2D eigenvalue weighted by Gasteiger charge is 2.32. The van der Waals surface area contributed by atoms with E-state index in [2.05, 4.69) is 4.90 Å². The molecular weight excluding hydrogens is 307 g/mol. The Morgan fingerprint density at radius 2 is 2.17 bits per heavy atom. The zero-order chi connectivity index (χ0) is 17.1. The molecule has 3 rings (SSSR count). The first-order chi connectivity index (χ1) is 11.6. The lowest BCUT2D eigenvalue weighted by molar-refractivity contribution is 0.172. The average Bonchev–Trinajstić information content (AvgIpc) is 2.95. The molecule has 1 saturated heterocycles. The minimum atomic E-state index is -0.507. The van der Waals surface area contributed by atoms with Crippen LogP contribution in [0.15, 0.2) is 42.5 Å². The molecule has 0 aliphatic carbocycles. The number of aliphatic hydroxyl groups excluding tert-OH is 1. The van der Waals surface area contributed by atoms with E-state index in [0.717, 1.165) is 16.9 Å². The highest BCUT2D eigenvalue weighted by molar-refractivity contribution is 5.34. The van der Waals surface area contributed by atoms with E-state index in [0.29, 0.717) is 19.5 Å². The van der Waals surface area contributed by atoms with Gasteiger partial charge >= 0.3 is 0 Å². The van der Waals surface area contributed by atoms with Crippen molar-refractivity contribution < 1.29 is 14.2 Å². The highest BCUT2D eigenvalue weighted by atomic mass is 19.1. The van der Waals surface area contributed by atoms with Crippen molar-refractivity contribution in [3.63, 3.8) is 0 Å². The molecule has 2 atom stereocenters. The summed E-state index contributed by atoms with van der Waals surface area (Å²) in [7, 11) is 1.62. The summed E-state index contributed by atoms with van der Waals surface area (Å²) < 4.78 is 19.1. The van der Waals surface area contributed by atoms with Crippen molar-refractivity contribution in [3.05, 3.63) is 65.0 Å². The molecule has 1 aliphatic rings. The molecule has 1 aliphatic heterocycles. The van der Waals surface area contributed by atoms with Gasteiger partial charge in [-0.05, 0) is 41.8 Å². The Morgan fingerprint density at radius 1 is 1.33 bits per heavy atom. The quantitative estimate of drug-likeness (QED) is 0.938. The second kappa shape index (κ2) is 7.00. The number of ether oxygens (including phenoxy) is 1. The first-order valence-corrected chi connectivity index (χ1v) is 7.85. The molecule has 2 aromatic carbocycles. The van der Waals surface area contributed by atoms with E-state index in [9.17, 15) is 9.50 Å². The van der Waals surface area contributed by atoms with Crippen LogP contribution in [0.1, 0.15) is 29.2 Å². The summed E-state index contributed by atoms with van der Waals surface area (Å²) in [6, 6.07) is 14.3. The number of halogens is 1. The van der Waals surface area contributed by atoms with Crippen LogP contribution in [0.3, 0.4) is 0 Å². The molecule has 1 heterocycles. The Balaban J connectivity index is 1.83. The van der Waals surface area contributed by atoms with Crippen LogP contribution in [-0.4, -0.2) is 29.8 Å². The van der Waals surface area contributed by atoms with Crippen LogP contribution in [0.4, 0.5) is 4.39 Å². The fourth-order valence-electron chi connectivity index (χ4n) is 3.23. The standard InChI is InChI=1S/C19H19FN2O2/c1-24-17-4-2-3-14(8-17)19-9-16(23)12-22(19)11-13-5-6-15(10-21)18(20)7-13/h2-8,16,19,23H,9,11-12H2,1H3/t16-,19+/m0/s1. The number of methoxy groups -OCH3 is 1. The summed E-state index contributed by atoms with van der Waals surface area (Å²) in [5, 5.41) is 18.9. The van der Waals surface area contributed by atoms with Gasteiger partial charge in [-0.2, -0.15) is 5.26 Å². The Labute approximate surface area is 140 Å². The molecule has 5 heteroatoms. The molecule has 124 valence electrons.